The van der Waals surface area contributed by atoms with E-state index in [-0.39, 0.29) is 29.4 Å². The molecular weight excluding hydrogens is 552 g/mol. The van der Waals surface area contributed by atoms with Crippen LogP contribution in [-0.2, 0) is 32.3 Å². The normalized spacial score (nSPS) is 18.2. The van der Waals surface area contributed by atoms with E-state index in [4.69, 9.17) is 10.1 Å². The molecule has 224 valence electrons. The molecule has 0 unspecified atom stereocenters. The number of allylic oxidation sites excluding steroid dienone is 6. The quantitative estimate of drug-likeness (QED) is 0.137. The summed E-state index contributed by atoms with van der Waals surface area (Å²) in [5.74, 6) is 0.703. The van der Waals surface area contributed by atoms with Crippen molar-refractivity contribution in [2.75, 3.05) is 17.2 Å². The lowest BCUT2D eigenvalue weighted by Gasteiger charge is -2.26. The van der Waals surface area contributed by atoms with Gasteiger partial charge in [-0.25, -0.2) is 9.55 Å². The fraction of sp³-hybridized carbons (Fsp3) is 0.438. The molecule has 0 saturated carbocycles. The lowest BCUT2D eigenvalue weighted by molar-refractivity contribution is -0.684. The third-order valence-electron chi connectivity index (χ3n) is 8.03. The molecule has 0 aliphatic carbocycles. The third kappa shape index (κ3) is 7.04. The minimum Gasteiger partial charge on any atom is -0.481 e. The Morgan fingerprint density at radius 2 is 1.76 bits per heavy atom. The first-order valence-electron chi connectivity index (χ1n) is 14.4. The van der Waals surface area contributed by atoms with Crippen molar-refractivity contribution in [1.82, 2.24) is 4.98 Å². The molecule has 42 heavy (non-hydrogen) atoms. The highest BCUT2D eigenvalue weighted by atomic mass is 32.2. The van der Waals surface area contributed by atoms with Crippen LogP contribution in [0.15, 0.2) is 77.7 Å². The van der Waals surface area contributed by atoms with E-state index < -0.39 is 16.1 Å². The molecule has 0 bridgehead atoms. The van der Waals surface area contributed by atoms with Gasteiger partial charge in [-0.1, -0.05) is 38.1 Å². The number of aryl methyl sites for hydroxylation is 1. The summed E-state index contributed by atoms with van der Waals surface area (Å²) in [7, 11) is -4.04. The van der Waals surface area contributed by atoms with Gasteiger partial charge < -0.3 is 10.0 Å². The van der Waals surface area contributed by atoms with E-state index in [2.05, 4.69) is 43.3 Å². The molecule has 2 aliphatic rings. The number of fused-ring (bicyclic) bond motifs is 2. The van der Waals surface area contributed by atoms with Gasteiger partial charge in [-0.2, -0.15) is 8.42 Å². The topological polar surface area (TPSA) is 124 Å². The molecule has 2 N–H and O–H groups in total. The van der Waals surface area contributed by atoms with Gasteiger partial charge in [0.1, 0.15) is 5.82 Å². The number of aromatic nitrogens is 2. The monoisotopic (exact) mass is 593 g/mol. The highest BCUT2D eigenvalue weighted by Crippen LogP contribution is 2.46. The smallest absolute Gasteiger partial charge is 0.327 e. The van der Waals surface area contributed by atoms with E-state index in [1.807, 2.05) is 59.7 Å². The third-order valence-corrected chi connectivity index (χ3v) is 8.84. The molecule has 0 fully saturated rings. The number of carbonyl (C=O) groups is 1. The van der Waals surface area contributed by atoms with Crippen molar-refractivity contribution in [3.05, 3.63) is 83.9 Å². The second kappa shape index (κ2) is 12.7. The molecule has 2 aromatic rings. The first-order chi connectivity index (χ1) is 19.8. The van der Waals surface area contributed by atoms with Gasteiger partial charge in [-0.15, -0.1) is 0 Å². The second-order valence-electron chi connectivity index (χ2n) is 11.9. The maximum absolute atomic E-state index is 11.3. The molecule has 2 aliphatic heterocycles. The lowest BCUT2D eigenvalue weighted by atomic mass is 9.82. The van der Waals surface area contributed by atoms with E-state index in [1.54, 1.807) is 6.20 Å². The van der Waals surface area contributed by atoms with Gasteiger partial charge in [0, 0.05) is 35.8 Å². The van der Waals surface area contributed by atoms with E-state index >= 15 is 0 Å². The van der Waals surface area contributed by atoms with Gasteiger partial charge in [0.25, 0.3) is 10.1 Å². The number of aliphatic imine (C=N–C) groups is 1. The zero-order chi connectivity index (χ0) is 30.5. The Morgan fingerprint density at radius 3 is 2.50 bits per heavy atom. The number of unbranched alkanes of at least 4 members (excludes halogenated alkanes) is 2. The Hall–Kier alpha value is -3.63. The van der Waals surface area contributed by atoms with Crippen molar-refractivity contribution in [3.8, 4) is 0 Å². The van der Waals surface area contributed by atoms with Crippen LogP contribution in [0, 0.1) is 0 Å². The SMILES string of the molecule is CC1(C)C(=CC=CC=CC2=Nc3c(ccc[n+]3CCCCCC(=O)O)C2(C)C)N(CCCS(=O)(=O)O)c2ncccc21. The van der Waals surface area contributed by atoms with Crippen LogP contribution in [0.3, 0.4) is 0 Å². The van der Waals surface area contributed by atoms with Crippen LogP contribution in [0.5, 0.6) is 0 Å². The van der Waals surface area contributed by atoms with E-state index in [0.29, 0.717) is 13.0 Å². The lowest BCUT2D eigenvalue weighted by Crippen LogP contribution is -2.34. The van der Waals surface area contributed by atoms with Crippen molar-refractivity contribution in [3.63, 3.8) is 0 Å². The average molecular weight is 594 g/mol. The number of hydrogen-bond donors (Lipinski definition) is 2. The summed E-state index contributed by atoms with van der Waals surface area (Å²) in [6.45, 7) is 9.80. The van der Waals surface area contributed by atoms with Gasteiger partial charge in [-0.3, -0.25) is 9.35 Å². The fourth-order valence-corrected chi connectivity index (χ4v) is 6.18. The number of anilines is 1. The number of aliphatic carboxylic acids is 1. The minimum absolute atomic E-state index is 0.204. The van der Waals surface area contributed by atoms with Crippen molar-refractivity contribution in [1.29, 1.82) is 0 Å². The summed E-state index contributed by atoms with van der Waals surface area (Å²) in [5, 5.41) is 8.86. The van der Waals surface area contributed by atoms with Gasteiger partial charge in [-0.05, 0) is 74.9 Å². The Morgan fingerprint density at radius 1 is 1.00 bits per heavy atom. The zero-order valence-corrected chi connectivity index (χ0v) is 25.6. The van der Waals surface area contributed by atoms with Crippen molar-refractivity contribution >= 4 is 33.4 Å². The maximum atomic E-state index is 11.3. The number of rotatable bonds is 13. The van der Waals surface area contributed by atoms with Crippen LogP contribution < -0.4 is 9.47 Å². The Labute approximate surface area is 248 Å². The molecule has 0 radical (unpaired) electrons. The van der Waals surface area contributed by atoms with Crippen LogP contribution in [-0.4, -0.2) is 47.0 Å². The summed E-state index contributed by atoms with van der Waals surface area (Å²) in [4.78, 5) is 22.4. The molecule has 2 aromatic heterocycles. The number of nitrogens with zero attached hydrogens (tertiary/aromatic N) is 4. The molecular formula is C32H41N4O5S+. The Balaban J connectivity index is 1.49. The van der Waals surface area contributed by atoms with Gasteiger partial charge >= 0.3 is 11.8 Å². The first kappa shape index (κ1) is 31.3. The summed E-state index contributed by atoms with van der Waals surface area (Å²) in [6.07, 6.45) is 16.7. The van der Waals surface area contributed by atoms with Crippen molar-refractivity contribution in [2.45, 2.75) is 77.2 Å². The van der Waals surface area contributed by atoms with Crippen molar-refractivity contribution < 1.29 is 27.4 Å². The highest BCUT2D eigenvalue weighted by molar-refractivity contribution is 7.85. The van der Waals surface area contributed by atoms with E-state index in [1.165, 1.54) is 5.56 Å². The summed E-state index contributed by atoms with van der Waals surface area (Å²) in [5.41, 5.74) is 3.63. The molecule has 0 spiro atoms. The summed E-state index contributed by atoms with van der Waals surface area (Å²) >= 11 is 0. The van der Waals surface area contributed by atoms with E-state index in [0.717, 1.165) is 48.0 Å². The average Bonchev–Trinajstić information content (AvgIpc) is 3.30. The predicted octanol–water partition coefficient (Wildman–Crippen LogP) is 5.45. The van der Waals surface area contributed by atoms with Crippen LogP contribution in [0.2, 0.25) is 0 Å². The summed E-state index contributed by atoms with van der Waals surface area (Å²) in [6, 6.07) is 8.11. The van der Waals surface area contributed by atoms with Crippen LogP contribution in [0.1, 0.15) is 70.9 Å². The molecule has 9 nitrogen and oxygen atoms in total. The standard InChI is InChI=1S/C32H40N4O5S/c1-31(2)25-15-12-21-35(20-10-6-9-18-28(37)38)30(25)34-26(31)16-7-5-8-17-27-32(3,4)24-14-11-19-33-29(24)36(27)22-13-23-42(39,40)41/h5,7-8,11-12,14-17,19,21H,6,9-10,13,18,20,22-23H2,1-4H3,(H-,37,38,39,40,41)/p+1. The highest BCUT2D eigenvalue weighted by Gasteiger charge is 2.42. The number of carboxylic acid groups (broad SMARTS) is 1. The second-order valence-corrected chi connectivity index (χ2v) is 13.4. The predicted molar refractivity (Wildman–Crippen MR) is 165 cm³/mol. The van der Waals surface area contributed by atoms with E-state index in [9.17, 15) is 17.8 Å². The maximum Gasteiger partial charge on any atom is 0.327 e. The van der Waals surface area contributed by atoms with Gasteiger partial charge in [0.15, 0.2) is 5.71 Å². The zero-order valence-electron chi connectivity index (χ0n) is 24.8. The molecule has 0 amide bonds. The van der Waals surface area contributed by atoms with Crippen LogP contribution in [0.25, 0.3) is 0 Å². The number of carboxylic acids is 1. The molecule has 0 atom stereocenters. The Bertz CT molecular complexity index is 1550. The van der Waals surface area contributed by atoms with Crippen molar-refractivity contribution in [2.24, 2.45) is 4.99 Å². The Kier molecular flexibility index (Phi) is 9.47. The molecule has 0 saturated heterocycles. The largest absolute Gasteiger partial charge is 0.481 e. The molecule has 0 aromatic carbocycles. The number of pyridine rings is 2. The molecule has 4 rings (SSSR count). The van der Waals surface area contributed by atoms with Crippen LogP contribution in [0.4, 0.5) is 11.6 Å². The minimum atomic E-state index is -4.04. The van der Waals surface area contributed by atoms with Gasteiger partial charge in [0.2, 0.25) is 0 Å². The molecule has 4 heterocycles. The summed E-state index contributed by atoms with van der Waals surface area (Å²) < 4.78 is 34.0. The first-order valence-corrected chi connectivity index (χ1v) is 16.0. The van der Waals surface area contributed by atoms with Crippen LogP contribution >= 0.6 is 0 Å². The fourth-order valence-electron chi connectivity index (χ4n) is 5.68. The number of hydrogen-bond acceptors (Lipinski definition) is 6. The molecule has 10 heteroatoms. The van der Waals surface area contributed by atoms with Gasteiger partial charge in [0.05, 0.1) is 29.5 Å².